The average molecular weight is 221 g/mol. The maximum atomic E-state index is 11.2. The van der Waals surface area contributed by atoms with Gasteiger partial charge in [0.2, 0.25) is 0 Å². The summed E-state index contributed by atoms with van der Waals surface area (Å²) in [5.41, 5.74) is 0. The van der Waals surface area contributed by atoms with E-state index in [9.17, 15) is 8.42 Å². The molecule has 0 saturated carbocycles. The zero-order valence-corrected chi connectivity index (χ0v) is 8.10. The van der Waals surface area contributed by atoms with Crippen molar-refractivity contribution in [2.45, 2.75) is 0 Å². The Morgan fingerprint density at radius 2 is 1.91 bits per heavy atom. The summed E-state index contributed by atoms with van der Waals surface area (Å²) in [7, 11) is -0.588. The van der Waals surface area contributed by atoms with Crippen LogP contribution in [0.25, 0.3) is 0 Å². The Labute approximate surface area is 74.6 Å². The third kappa shape index (κ3) is 2.40. The molecule has 0 bridgehead atoms. The summed E-state index contributed by atoms with van der Waals surface area (Å²) in [6.07, 6.45) is 1.15. The molecule has 0 aromatic carbocycles. The van der Waals surface area contributed by atoms with E-state index in [0.29, 0.717) is 0 Å². The first-order valence-corrected chi connectivity index (χ1v) is 4.67. The van der Waals surface area contributed by atoms with Gasteiger partial charge in [0.1, 0.15) is 0 Å². The Balaban J connectivity index is 4.81. The molecule has 0 aromatic rings. The second kappa shape index (κ2) is 3.99. The third-order valence-corrected chi connectivity index (χ3v) is 3.12. The van der Waals surface area contributed by atoms with Gasteiger partial charge < -0.3 is 0 Å². The molecule has 0 amide bonds. The first-order valence-electron chi connectivity index (χ1n) is 2.70. The minimum absolute atomic E-state index is 0.882. The summed E-state index contributed by atoms with van der Waals surface area (Å²) in [6.45, 7) is 3.31. The molecule has 0 heterocycles. The molecule has 0 N–H and O–H groups in total. The molecule has 0 aliphatic heterocycles. The van der Waals surface area contributed by atoms with Gasteiger partial charge >= 0.3 is 74.3 Å². The molecular formula is C5H10N2NiO2S. The molecule has 0 aromatic heterocycles. The van der Waals surface area contributed by atoms with E-state index in [1.807, 2.05) is 0 Å². The second-order valence-corrected chi connectivity index (χ2v) is 4.19. The van der Waals surface area contributed by atoms with Crippen LogP contribution >= 0.6 is 0 Å². The molecule has 0 atom stereocenters. The Kier molecular flexibility index (Phi) is 3.93. The molecule has 6 heteroatoms. The molecule has 68 valence electrons. The summed E-state index contributed by atoms with van der Waals surface area (Å²) in [5.74, 6) is 0. The molecule has 11 heavy (non-hydrogen) atoms. The molecule has 0 spiro atoms. The van der Waals surface area contributed by atoms with Crippen molar-refractivity contribution in [1.82, 2.24) is 8.61 Å². The average Bonchev–Trinajstić information content (AvgIpc) is 1.89. The summed E-state index contributed by atoms with van der Waals surface area (Å²) >= 11 is 4.18. The Hall–Kier alpha value is -0.186. The van der Waals surface area contributed by atoms with Crippen molar-refractivity contribution in [2.75, 3.05) is 14.1 Å². The van der Waals surface area contributed by atoms with Gasteiger partial charge in [0, 0.05) is 0 Å². The first kappa shape index (κ1) is 10.8. The van der Waals surface area contributed by atoms with Gasteiger partial charge in [0.05, 0.1) is 0 Å². The van der Waals surface area contributed by atoms with Crippen LogP contribution in [0, 0.1) is 0 Å². The number of hydrogen-bond acceptors (Lipinski definition) is 2. The van der Waals surface area contributed by atoms with Crippen molar-refractivity contribution in [1.29, 1.82) is 0 Å². The quantitative estimate of drug-likeness (QED) is 0.603. The van der Waals surface area contributed by atoms with Crippen molar-refractivity contribution in [2.24, 2.45) is 0 Å². The van der Waals surface area contributed by atoms with E-state index in [2.05, 4.69) is 21.6 Å². The van der Waals surface area contributed by atoms with E-state index in [4.69, 9.17) is 0 Å². The SMILES string of the molecule is C=CN([CH]=[Ni])S(=O)(=O)N(C)C. The van der Waals surface area contributed by atoms with Crippen LogP contribution in [0.3, 0.4) is 0 Å². The minimum atomic E-state index is -3.44. The third-order valence-electron chi connectivity index (χ3n) is 0.988. The van der Waals surface area contributed by atoms with Crippen LogP contribution in [-0.4, -0.2) is 36.2 Å². The van der Waals surface area contributed by atoms with Crippen LogP contribution in [0.15, 0.2) is 12.8 Å². The van der Waals surface area contributed by atoms with Gasteiger partial charge in [-0.25, -0.2) is 0 Å². The normalized spacial score (nSPS) is 11.4. The molecule has 0 aliphatic rings. The number of hydrogen-bond donors (Lipinski definition) is 0. The summed E-state index contributed by atoms with van der Waals surface area (Å²) in [5, 5.41) is 1.06. The van der Waals surface area contributed by atoms with Gasteiger partial charge in [0.15, 0.2) is 0 Å². The second-order valence-electron chi connectivity index (χ2n) is 1.88. The van der Waals surface area contributed by atoms with Crippen molar-refractivity contribution in [3.05, 3.63) is 12.8 Å². The fraction of sp³-hybridized carbons (Fsp3) is 0.400. The van der Waals surface area contributed by atoms with Crippen LogP contribution in [0.4, 0.5) is 0 Å². The Morgan fingerprint density at radius 3 is 2.00 bits per heavy atom. The molecule has 0 aliphatic carbocycles. The summed E-state index contributed by atoms with van der Waals surface area (Å²) in [4.78, 5) is 0. The van der Waals surface area contributed by atoms with Gasteiger partial charge in [-0.15, -0.1) is 0 Å². The molecule has 4 nitrogen and oxygen atoms in total. The van der Waals surface area contributed by atoms with Crippen LogP contribution in [0.1, 0.15) is 0 Å². The first-order chi connectivity index (χ1) is 4.96. The van der Waals surface area contributed by atoms with Gasteiger partial charge in [-0.3, -0.25) is 0 Å². The van der Waals surface area contributed by atoms with Crippen LogP contribution < -0.4 is 0 Å². The van der Waals surface area contributed by atoms with Gasteiger partial charge in [-0.05, 0) is 0 Å². The van der Waals surface area contributed by atoms with E-state index < -0.39 is 10.2 Å². The van der Waals surface area contributed by atoms with E-state index in [1.165, 1.54) is 14.1 Å². The van der Waals surface area contributed by atoms with E-state index >= 15 is 0 Å². The molecule has 0 fully saturated rings. The molecular weight excluding hydrogens is 211 g/mol. The summed E-state index contributed by atoms with van der Waals surface area (Å²) < 4.78 is 24.3. The zero-order valence-electron chi connectivity index (χ0n) is 6.30. The predicted octanol–water partition coefficient (Wildman–Crippen LogP) is -0.455. The van der Waals surface area contributed by atoms with E-state index in [-0.39, 0.29) is 0 Å². The number of rotatable bonds is 4. The topological polar surface area (TPSA) is 40.6 Å². The maximum absolute atomic E-state index is 11.2. The zero-order chi connectivity index (χ0) is 9.07. The van der Waals surface area contributed by atoms with Gasteiger partial charge in [-0.1, -0.05) is 0 Å². The predicted molar refractivity (Wildman–Crippen MR) is 40.7 cm³/mol. The van der Waals surface area contributed by atoms with Crippen molar-refractivity contribution in [3.63, 3.8) is 0 Å². The molecule has 0 unspecified atom stereocenters. The van der Waals surface area contributed by atoms with Gasteiger partial charge in [0.25, 0.3) is 0 Å². The molecule has 0 radical (unpaired) electrons. The van der Waals surface area contributed by atoms with Crippen molar-refractivity contribution < 1.29 is 23.4 Å². The van der Waals surface area contributed by atoms with Gasteiger partial charge in [-0.2, -0.15) is 0 Å². The van der Waals surface area contributed by atoms with Crippen LogP contribution in [0.2, 0.25) is 0 Å². The van der Waals surface area contributed by atoms with E-state index in [0.717, 1.165) is 19.9 Å². The fourth-order valence-electron chi connectivity index (χ4n) is 0.358. The fourth-order valence-corrected chi connectivity index (χ4v) is 1.51. The van der Waals surface area contributed by atoms with Crippen LogP contribution in [0.5, 0.6) is 0 Å². The van der Waals surface area contributed by atoms with Crippen molar-refractivity contribution in [3.8, 4) is 0 Å². The Morgan fingerprint density at radius 1 is 1.45 bits per heavy atom. The Bertz CT molecular complexity index is 239. The van der Waals surface area contributed by atoms with E-state index in [1.54, 1.807) is 0 Å². The van der Waals surface area contributed by atoms with Crippen molar-refractivity contribution >= 4 is 15.3 Å². The molecule has 0 rings (SSSR count). The summed E-state index contributed by atoms with van der Waals surface area (Å²) in [6, 6.07) is 0. The molecule has 0 saturated heterocycles. The standard InChI is InChI=1S/C5H10N2O2S.Ni/c1-5-7(4)10(8,9)6(2)3;/h4-5H,1H2,2-3H3;. The van der Waals surface area contributed by atoms with Crippen LogP contribution in [-0.2, 0) is 25.2 Å². The number of nitrogens with zero attached hydrogens (tertiary/aromatic N) is 2. The monoisotopic (exact) mass is 220 g/mol.